The Kier molecular flexibility index (Phi) is 15.5. The molecule has 66 heavy (non-hydrogen) atoms. The van der Waals surface area contributed by atoms with Crippen molar-refractivity contribution < 1.29 is 43.1 Å². The van der Waals surface area contributed by atoms with Gasteiger partial charge in [-0.15, -0.1) is 0 Å². The predicted octanol–water partition coefficient (Wildman–Crippen LogP) is 12.0. The summed E-state index contributed by atoms with van der Waals surface area (Å²) < 4.78 is 19.1. The van der Waals surface area contributed by atoms with E-state index in [0.29, 0.717) is 38.5 Å². The molecule has 6 aliphatic rings. The first kappa shape index (κ1) is 51.2. The van der Waals surface area contributed by atoms with E-state index in [0.717, 1.165) is 38.5 Å². The summed E-state index contributed by atoms with van der Waals surface area (Å²) in [5, 5.41) is 6.44. The average molecular weight is 922 g/mol. The van der Waals surface area contributed by atoms with Crippen LogP contribution in [0.15, 0.2) is 18.2 Å². The summed E-state index contributed by atoms with van der Waals surface area (Å²) >= 11 is 0. The molecule has 0 bridgehead atoms. The van der Waals surface area contributed by atoms with Gasteiger partial charge in [0.05, 0.1) is 35.0 Å². The molecule has 0 atom stereocenters. The van der Waals surface area contributed by atoms with Gasteiger partial charge in [-0.3, -0.25) is 14.5 Å². The van der Waals surface area contributed by atoms with Crippen LogP contribution in [0.5, 0.6) is 0 Å². The molecule has 6 fully saturated rings. The van der Waals surface area contributed by atoms with Crippen molar-refractivity contribution in [2.45, 2.75) is 288 Å². The molecule has 0 amide bonds. The van der Waals surface area contributed by atoms with E-state index in [4.69, 9.17) is 28.7 Å². The Morgan fingerprint density at radius 1 is 0.379 bits per heavy atom. The van der Waals surface area contributed by atoms with E-state index in [1.54, 1.807) is 6.07 Å². The highest BCUT2D eigenvalue weighted by Gasteiger charge is 2.52. The molecule has 3 aliphatic carbocycles. The molecule has 0 unspecified atom stereocenters. The fraction of sp³-hybridized carbons (Fsp3) is 0.833. The zero-order chi connectivity index (χ0) is 47.9. The highest BCUT2D eigenvalue weighted by atomic mass is 16.7. The number of piperidine rings is 3. The van der Waals surface area contributed by atoms with Crippen LogP contribution in [0.4, 0.5) is 0 Å². The fourth-order valence-corrected chi connectivity index (χ4v) is 13.2. The van der Waals surface area contributed by atoms with Gasteiger partial charge in [0.2, 0.25) is 0 Å². The van der Waals surface area contributed by atoms with Gasteiger partial charge >= 0.3 is 17.9 Å². The Hall–Kier alpha value is -2.61. The van der Waals surface area contributed by atoms with E-state index in [1.807, 2.05) is 0 Å². The molecule has 7 rings (SSSR count). The minimum Gasteiger partial charge on any atom is -0.459 e. The quantitative estimate of drug-likeness (QED) is 0.147. The van der Waals surface area contributed by atoms with Gasteiger partial charge in [-0.1, -0.05) is 57.8 Å². The molecular formula is C54H87N3O9. The zero-order valence-corrected chi connectivity index (χ0v) is 43.1. The maximum Gasteiger partial charge on any atom is 0.339 e. The summed E-state index contributed by atoms with van der Waals surface area (Å²) in [6.07, 6.45) is 19.8. The molecule has 0 radical (unpaired) electrons. The molecule has 3 aliphatic heterocycles. The number of rotatable bonds is 12. The molecule has 0 spiro atoms. The standard InChI is InChI=1S/C54H87N3O9/c1-49(2)31-41(32-50(3,4)55(49)64-38-22-16-13-17-23-38)61-46(58)37-28-29-44(47(59)62-42-33-51(5,6)56(52(7,8)34-42)65-39-24-18-14-19-25-39)45(30-37)48(60)63-43-35-53(9,10)57(54(11,12)36-43)66-40-26-20-15-21-27-40/h28-30,38-43H,13-27,31-36H2,1-12H3. The van der Waals surface area contributed by atoms with Gasteiger partial charge in [0, 0.05) is 71.8 Å². The van der Waals surface area contributed by atoms with E-state index in [2.05, 4.69) is 98.3 Å². The van der Waals surface area contributed by atoms with E-state index < -0.39 is 63.3 Å². The van der Waals surface area contributed by atoms with Gasteiger partial charge < -0.3 is 14.2 Å². The Morgan fingerprint density at radius 3 is 0.955 bits per heavy atom. The highest BCUT2D eigenvalue weighted by molar-refractivity contribution is 6.05. The number of esters is 3. The Balaban J connectivity index is 1.10. The summed E-state index contributed by atoms with van der Waals surface area (Å²) in [6.45, 7) is 25.7. The second kappa shape index (κ2) is 20.0. The molecular weight excluding hydrogens is 835 g/mol. The SMILES string of the molecule is CC1(C)CC(OC(=O)c2ccc(C(=O)OC3CC(C)(C)N(OC4CCCCC4)C(C)(C)C3)c(C(=O)OC3CC(C)(C)N(OC4CCCCC4)C(C)(C)C3)c2)CC(C)(C)N1OC1CCCCC1. The maximum absolute atomic E-state index is 14.7. The van der Waals surface area contributed by atoms with Gasteiger partial charge in [-0.2, -0.15) is 15.2 Å². The van der Waals surface area contributed by atoms with Crippen LogP contribution in [0.2, 0.25) is 0 Å². The van der Waals surface area contributed by atoms with Crippen LogP contribution in [-0.4, -0.2) is 103 Å². The minimum atomic E-state index is -0.665. The van der Waals surface area contributed by atoms with Crippen LogP contribution in [0, 0.1) is 0 Å². The second-order valence-corrected chi connectivity index (χ2v) is 24.9. The van der Waals surface area contributed by atoms with E-state index in [-0.39, 0.29) is 41.1 Å². The van der Waals surface area contributed by atoms with E-state index >= 15 is 0 Å². The highest BCUT2D eigenvalue weighted by Crippen LogP contribution is 2.45. The van der Waals surface area contributed by atoms with Crippen molar-refractivity contribution in [1.29, 1.82) is 0 Å². The van der Waals surface area contributed by atoms with Gasteiger partial charge in [0.25, 0.3) is 0 Å². The lowest BCUT2D eigenvalue weighted by Gasteiger charge is -2.54. The first-order chi connectivity index (χ1) is 30.8. The Morgan fingerprint density at radius 2 is 0.652 bits per heavy atom. The summed E-state index contributed by atoms with van der Waals surface area (Å²) in [7, 11) is 0. The predicted molar refractivity (Wildman–Crippen MR) is 256 cm³/mol. The third-order valence-corrected chi connectivity index (χ3v) is 15.6. The van der Waals surface area contributed by atoms with E-state index in [9.17, 15) is 14.4 Å². The topological polar surface area (TPSA) is 116 Å². The van der Waals surface area contributed by atoms with Crippen LogP contribution in [0.25, 0.3) is 0 Å². The molecule has 3 saturated carbocycles. The number of hydrogen-bond donors (Lipinski definition) is 0. The number of hydroxylamine groups is 6. The fourth-order valence-electron chi connectivity index (χ4n) is 13.2. The third-order valence-electron chi connectivity index (χ3n) is 15.6. The number of ether oxygens (including phenoxy) is 3. The number of nitrogens with zero attached hydrogens (tertiary/aromatic N) is 3. The summed E-state index contributed by atoms with van der Waals surface area (Å²) in [4.78, 5) is 63.5. The van der Waals surface area contributed by atoms with Crippen LogP contribution < -0.4 is 0 Å². The molecule has 12 heteroatoms. The van der Waals surface area contributed by atoms with Crippen molar-refractivity contribution in [3.8, 4) is 0 Å². The van der Waals surface area contributed by atoms with Crippen LogP contribution in [0.3, 0.4) is 0 Å². The molecule has 1 aromatic rings. The summed E-state index contributed by atoms with van der Waals surface area (Å²) in [5.41, 5.74) is -2.26. The van der Waals surface area contributed by atoms with Gasteiger partial charge in [0.15, 0.2) is 0 Å². The van der Waals surface area contributed by atoms with Crippen LogP contribution >= 0.6 is 0 Å². The summed E-state index contributed by atoms with van der Waals surface area (Å²) in [5.74, 6) is -1.83. The average Bonchev–Trinajstić information content (AvgIpc) is 3.22. The van der Waals surface area contributed by atoms with Crippen molar-refractivity contribution >= 4 is 17.9 Å². The van der Waals surface area contributed by atoms with Gasteiger partial charge in [-0.25, -0.2) is 14.4 Å². The van der Waals surface area contributed by atoms with Gasteiger partial charge in [0.1, 0.15) is 18.3 Å². The number of carbonyl (C=O) groups excluding carboxylic acids is 3. The smallest absolute Gasteiger partial charge is 0.339 e. The molecule has 372 valence electrons. The lowest BCUT2D eigenvalue weighted by molar-refractivity contribution is -0.317. The number of hydrogen-bond acceptors (Lipinski definition) is 12. The lowest BCUT2D eigenvalue weighted by atomic mass is 9.80. The normalized spacial score (nSPS) is 27.3. The molecule has 0 aromatic heterocycles. The molecule has 1 aromatic carbocycles. The first-order valence-corrected chi connectivity index (χ1v) is 26.0. The summed E-state index contributed by atoms with van der Waals surface area (Å²) in [6, 6.07) is 4.59. The van der Waals surface area contributed by atoms with Crippen LogP contribution in [-0.2, 0) is 28.7 Å². The zero-order valence-electron chi connectivity index (χ0n) is 43.1. The second-order valence-electron chi connectivity index (χ2n) is 24.9. The molecule has 3 saturated heterocycles. The molecule has 0 N–H and O–H groups in total. The van der Waals surface area contributed by atoms with Gasteiger partial charge in [-0.05, 0) is 140 Å². The molecule has 3 heterocycles. The Bertz CT molecular complexity index is 1800. The third kappa shape index (κ3) is 12.0. The number of carbonyl (C=O) groups is 3. The van der Waals surface area contributed by atoms with Crippen molar-refractivity contribution in [1.82, 2.24) is 15.2 Å². The van der Waals surface area contributed by atoms with Crippen molar-refractivity contribution in [3.05, 3.63) is 34.9 Å². The lowest BCUT2D eigenvalue weighted by Crippen LogP contribution is -2.63. The van der Waals surface area contributed by atoms with E-state index in [1.165, 1.54) is 69.9 Å². The largest absolute Gasteiger partial charge is 0.459 e. The minimum absolute atomic E-state index is 0.00102. The van der Waals surface area contributed by atoms with Crippen molar-refractivity contribution in [2.24, 2.45) is 0 Å². The van der Waals surface area contributed by atoms with Crippen molar-refractivity contribution in [2.75, 3.05) is 0 Å². The molecule has 12 nitrogen and oxygen atoms in total. The first-order valence-electron chi connectivity index (χ1n) is 26.0. The maximum atomic E-state index is 14.7. The Labute approximate surface area is 397 Å². The van der Waals surface area contributed by atoms with Crippen molar-refractivity contribution in [3.63, 3.8) is 0 Å². The monoisotopic (exact) mass is 922 g/mol. The number of benzene rings is 1. The van der Waals surface area contributed by atoms with Crippen LogP contribution in [0.1, 0.15) is 249 Å².